The van der Waals surface area contributed by atoms with E-state index in [1.54, 1.807) is 0 Å². The van der Waals surface area contributed by atoms with Crippen LogP contribution in [0.4, 0.5) is 5.82 Å². The Morgan fingerprint density at radius 3 is 2.50 bits per heavy atom. The van der Waals surface area contributed by atoms with Crippen LogP contribution in [0.25, 0.3) is 0 Å². The van der Waals surface area contributed by atoms with Gasteiger partial charge in [-0.3, -0.25) is 9.59 Å². The number of piperazine rings is 1. The van der Waals surface area contributed by atoms with Gasteiger partial charge >= 0.3 is 11.8 Å². The minimum Gasteiger partial charge on any atom is -0.396 e. The Morgan fingerprint density at radius 1 is 1.18 bits per heavy atom. The maximum Gasteiger partial charge on any atom is 0.312 e. The van der Waals surface area contributed by atoms with Crippen LogP contribution in [-0.4, -0.2) is 66.1 Å². The van der Waals surface area contributed by atoms with Crippen molar-refractivity contribution in [3.63, 3.8) is 0 Å². The number of aliphatic hydroxyl groups excluding tert-OH is 1. The number of nitrogens with one attached hydrogen (secondary N) is 1. The Hall–Kier alpha value is -2.66. The molecule has 2 aliphatic rings. The number of fused-ring (bicyclic) bond motifs is 1. The highest BCUT2D eigenvalue weighted by Gasteiger charge is 2.29. The van der Waals surface area contributed by atoms with Crippen molar-refractivity contribution in [3.05, 3.63) is 22.4 Å². The first-order chi connectivity index (χ1) is 13.6. The number of nitrogens with zero attached hydrogens (tertiary/aromatic N) is 4. The van der Waals surface area contributed by atoms with Crippen molar-refractivity contribution in [2.75, 3.05) is 44.2 Å². The van der Waals surface area contributed by atoms with Crippen molar-refractivity contribution in [1.29, 1.82) is 5.26 Å². The first-order valence-corrected chi connectivity index (χ1v) is 9.92. The van der Waals surface area contributed by atoms with Crippen LogP contribution in [0.2, 0.25) is 0 Å². The number of anilines is 1. The highest BCUT2D eigenvalue weighted by Crippen LogP contribution is 2.32. The van der Waals surface area contributed by atoms with Gasteiger partial charge in [-0.15, -0.1) is 0 Å². The van der Waals surface area contributed by atoms with E-state index in [1.165, 1.54) is 10.5 Å². The van der Waals surface area contributed by atoms with E-state index in [9.17, 15) is 14.9 Å². The molecule has 2 amide bonds. The van der Waals surface area contributed by atoms with Crippen molar-refractivity contribution in [2.45, 2.75) is 39.0 Å². The summed E-state index contributed by atoms with van der Waals surface area (Å²) in [6.07, 6.45) is 4.56. The van der Waals surface area contributed by atoms with E-state index >= 15 is 0 Å². The summed E-state index contributed by atoms with van der Waals surface area (Å²) in [7, 11) is 0. The summed E-state index contributed by atoms with van der Waals surface area (Å²) in [6, 6.07) is 2.36. The van der Waals surface area contributed by atoms with Crippen molar-refractivity contribution >= 4 is 17.6 Å². The molecule has 3 rings (SSSR count). The lowest BCUT2D eigenvalue weighted by molar-refractivity contribution is -0.146. The largest absolute Gasteiger partial charge is 0.396 e. The van der Waals surface area contributed by atoms with Crippen LogP contribution in [0.15, 0.2) is 0 Å². The first kappa shape index (κ1) is 20.1. The smallest absolute Gasteiger partial charge is 0.312 e. The average molecular weight is 385 g/mol. The maximum absolute atomic E-state index is 12.3. The van der Waals surface area contributed by atoms with Gasteiger partial charge in [0.05, 0.1) is 5.56 Å². The van der Waals surface area contributed by atoms with Crippen LogP contribution in [0.1, 0.15) is 41.6 Å². The molecule has 1 aliphatic heterocycles. The Balaban J connectivity index is 1.68. The number of carbonyl (C=O) groups excluding carboxylic acids is 2. The van der Waals surface area contributed by atoms with E-state index in [2.05, 4.69) is 11.4 Å². The number of amides is 2. The second kappa shape index (κ2) is 9.02. The predicted octanol–water partition coefficient (Wildman–Crippen LogP) is 0.288. The first-order valence-electron chi connectivity index (χ1n) is 9.92. The van der Waals surface area contributed by atoms with Crippen molar-refractivity contribution < 1.29 is 14.7 Å². The summed E-state index contributed by atoms with van der Waals surface area (Å²) in [4.78, 5) is 32.5. The number of hydrogen-bond acceptors (Lipinski definition) is 6. The van der Waals surface area contributed by atoms with Crippen molar-refractivity contribution in [3.8, 4) is 6.07 Å². The number of pyridine rings is 1. The lowest BCUT2D eigenvalue weighted by Gasteiger charge is -2.36. The van der Waals surface area contributed by atoms with Gasteiger partial charge in [0.1, 0.15) is 11.9 Å². The third-order valence-electron chi connectivity index (χ3n) is 5.50. The minimum absolute atomic E-state index is 0.0262. The summed E-state index contributed by atoms with van der Waals surface area (Å²) < 4.78 is 0. The molecule has 8 heteroatoms. The summed E-state index contributed by atoms with van der Waals surface area (Å²) in [6.45, 7) is 4.16. The van der Waals surface area contributed by atoms with E-state index < -0.39 is 11.8 Å². The zero-order valence-electron chi connectivity index (χ0n) is 16.3. The van der Waals surface area contributed by atoms with Gasteiger partial charge in [0, 0.05) is 45.0 Å². The molecular formula is C20H27N5O3. The molecule has 0 unspecified atom stereocenters. The molecule has 0 bridgehead atoms. The third kappa shape index (κ3) is 4.09. The molecule has 0 atom stereocenters. The SMILES string of the molecule is Cc1nc(N2CCN(C(=O)C(=O)NCCCO)CC2)c(C#N)c2c1CCCC2. The van der Waals surface area contributed by atoms with Crippen molar-refractivity contribution in [1.82, 2.24) is 15.2 Å². The van der Waals surface area contributed by atoms with Gasteiger partial charge in [0.15, 0.2) is 0 Å². The number of aliphatic hydroxyl groups is 1. The second-order valence-electron chi connectivity index (χ2n) is 7.28. The molecule has 1 aromatic heterocycles. The molecule has 1 saturated heterocycles. The normalized spacial score (nSPS) is 16.3. The quantitative estimate of drug-likeness (QED) is 0.569. The molecule has 2 heterocycles. The van der Waals surface area contributed by atoms with Crippen molar-refractivity contribution in [2.24, 2.45) is 0 Å². The molecule has 1 fully saturated rings. The third-order valence-corrected chi connectivity index (χ3v) is 5.50. The van der Waals surface area contributed by atoms with Crippen LogP contribution >= 0.6 is 0 Å². The standard InChI is InChI=1S/C20H27N5O3/c1-14-15-5-2-3-6-16(15)17(13-21)18(23-14)24-8-10-25(11-9-24)20(28)19(27)22-7-4-12-26/h26H,2-12H2,1H3,(H,22,27). The Kier molecular flexibility index (Phi) is 6.47. The maximum atomic E-state index is 12.3. The Morgan fingerprint density at radius 2 is 1.86 bits per heavy atom. The van der Waals surface area contributed by atoms with Gasteiger partial charge < -0.3 is 20.2 Å². The zero-order valence-corrected chi connectivity index (χ0v) is 16.3. The number of aryl methyl sites for hydroxylation is 1. The lowest BCUT2D eigenvalue weighted by atomic mass is 9.88. The van der Waals surface area contributed by atoms with Crippen LogP contribution < -0.4 is 10.2 Å². The highest BCUT2D eigenvalue weighted by molar-refractivity contribution is 6.35. The van der Waals surface area contributed by atoms with E-state index in [1.807, 2.05) is 11.8 Å². The Bertz CT molecular complexity index is 794. The molecule has 2 N–H and O–H groups in total. The number of nitriles is 1. The topological polar surface area (TPSA) is 110 Å². The number of hydrogen-bond donors (Lipinski definition) is 2. The molecule has 0 spiro atoms. The molecule has 8 nitrogen and oxygen atoms in total. The lowest BCUT2D eigenvalue weighted by Crippen LogP contribution is -2.53. The average Bonchev–Trinajstić information content (AvgIpc) is 2.73. The molecule has 1 aliphatic carbocycles. The summed E-state index contributed by atoms with van der Waals surface area (Å²) in [5.41, 5.74) is 4.02. The number of aromatic nitrogens is 1. The van der Waals surface area contributed by atoms with E-state index in [0.717, 1.165) is 36.9 Å². The van der Waals surface area contributed by atoms with E-state index in [4.69, 9.17) is 10.1 Å². The second-order valence-corrected chi connectivity index (χ2v) is 7.28. The summed E-state index contributed by atoms with van der Waals surface area (Å²) >= 11 is 0. The van der Waals surface area contributed by atoms with Crippen LogP contribution in [0, 0.1) is 18.3 Å². The zero-order chi connectivity index (χ0) is 20.1. The monoisotopic (exact) mass is 385 g/mol. The van der Waals surface area contributed by atoms with E-state index in [0.29, 0.717) is 44.0 Å². The molecule has 28 heavy (non-hydrogen) atoms. The van der Waals surface area contributed by atoms with Crippen LogP contribution in [0.5, 0.6) is 0 Å². The van der Waals surface area contributed by atoms with Gasteiger partial charge in [-0.2, -0.15) is 5.26 Å². The van der Waals surface area contributed by atoms with Gasteiger partial charge in [0.25, 0.3) is 0 Å². The number of carbonyl (C=O) groups is 2. The summed E-state index contributed by atoms with van der Waals surface area (Å²) in [5, 5.41) is 21.0. The van der Waals surface area contributed by atoms with Gasteiger partial charge in [-0.25, -0.2) is 4.98 Å². The fourth-order valence-electron chi connectivity index (χ4n) is 3.97. The fraction of sp³-hybridized carbons (Fsp3) is 0.600. The molecule has 1 aromatic rings. The molecule has 150 valence electrons. The molecule has 0 saturated carbocycles. The van der Waals surface area contributed by atoms with Gasteiger partial charge in [0.2, 0.25) is 0 Å². The predicted molar refractivity (Wildman–Crippen MR) is 104 cm³/mol. The van der Waals surface area contributed by atoms with Gasteiger partial charge in [-0.1, -0.05) is 0 Å². The molecular weight excluding hydrogens is 358 g/mol. The Labute approximate surface area is 165 Å². The molecule has 0 radical (unpaired) electrons. The van der Waals surface area contributed by atoms with Gasteiger partial charge in [-0.05, 0) is 50.2 Å². The minimum atomic E-state index is -0.637. The fourth-order valence-corrected chi connectivity index (χ4v) is 3.97. The molecule has 0 aromatic carbocycles. The van der Waals surface area contributed by atoms with E-state index in [-0.39, 0.29) is 13.2 Å². The highest BCUT2D eigenvalue weighted by atomic mass is 16.3. The van der Waals surface area contributed by atoms with Crippen LogP contribution in [-0.2, 0) is 22.4 Å². The number of rotatable bonds is 4. The summed E-state index contributed by atoms with van der Waals surface area (Å²) in [5.74, 6) is -0.477. The van der Waals surface area contributed by atoms with Crippen LogP contribution in [0.3, 0.4) is 0 Å².